The normalized spacial score (nSPS) is 11.9. The fourth-order valence-corrected chi connectivity index (χ4v) is 2.81. The zero-order chi connectivity index (χ0) is 10.9. The van der Waals surface area contributed by atoms with Crippen molar-refractivity contribution in [2.75, 3.05) is 7.05 Å². The molecule has 0 aliphatic carbocycles. The standard InChI is InChI=1S/C10H13N3S2/c1-10(2,11-3)8-5-14-9(13-8)7-4-12-6-15-7/h4-6,11H,1-3H3. The highest BCUT2D eigenvalue weighted by Gasteiger charge is 2.21. The van der Waals surface area contributed by atoms with E-state index in [1.54, 1.807) is 22.7 Å². The summed E-state index contributed by atoms with van der Waals surface area (Å²) in [6, 6.07) is 0. The molecule has 0 atom stereocenters. The third kappa shape index (κ3) is 2.09. The lowest BCUT2D eigenvalue weighted by Crippen LogP contribution is -2.33. The van der Waals surface area contributed by atoms with Gasteiger partial charge in [0.1, 0.15) is 5.01 Å². The predicted molar refractivity (Wildman–Crippen MR) is 65.3 cm³/mol. The lowest BCUT2D eigenvalue weighted by molar-refractivity contribution is 0.434. The summed E-state index contributed by atoms with van der Waals surface area (Å²) in [4.78, 5) is 9.82. The van der Waals surface area contributed by atoms with Gasteiger partial charge in [0.05, 0.1) is 21.6 Å². The van der Waals surface area contributed by atoms with E-state index >= 15 is 0 Å². The van der Waals surface area contributed by atoms with Gasteiger partial charge in [-0.3, -0.25) is 4.98 Å². The number of rotatable bonds is 3. The second kappa shape index (κ2) is 4.00. The molecule has 0 fully saturated rings. The summed E-state index contributed by atoms with van der Waals surface area (Å²) in [5.74, 6) is 0. The summed E-state index contributed by atoms with van der Waals surface area (Å²) < 4.78 is 0. The monoisotopic (exact) mass is 239 g/mol. The minimum atomic E-state index is -0.0700. The number of hydrogen-bond donors (Lipinski definition) is 1. The molecule has 5 heteroatoms. The number of thiazole rings is 2. The van der Waals surface area contributed by atoms with Crippen molar-refractivity contribution in [3.63, 3.8) is 0 Å². The van der Waals surface area contributed by atoms with Crippen LogP contribution in [0.4, 0.5) is 0 Å². The topological polar surface area (TPSA) is 37.8 Å². The van der Waals surface area contributed by atoms with Crippen LogP contribution in [0.15, 0.2) is 17.1 Å². The SMILES string of the molecule is CNC(C)(C)c1csc(-c2cncs2)n1. The number of nitrogens with one attached hydrogen (secondary N) is 1. The van der Waals surface area contributed by atoms with Crippen LogP contribution in [0.3, 0.4) is 0 Å². The molecule has 0 aliphatic rings. The first-order valence-corrected chi connectivity index (χ1v) is 6.43. The molecule has 0 spiro atoms. The average Bonchev–Trinajstić information content (AvgIpc) is 2.88. The Kier molecular flexibility index (Phi) is 2.86. The van der Waals surface area contributed by atoms with Gasteiger partial charge >= 0.3 is 0 Å². The van der Waals surface area contributed by atoms with Crippen LogP contribution in [-0.2, 0) is 5.54 Å². The Morgan fingerprint density at radius 3 is 2.73 bits per heavy atom. The van der Waals surface area contributed by atoms with Crippen molar-refractivity contribution in [2.24, 2.45) is 0 Å². The van der Waals surface area contributed by atoms with Gasteiger partial charge in [0.15, 0.2) is 0 Å². The van der Waals surface area contributed by atoms with Gasteiger partial charge in [-0.05, 0) is 20.9 Å². The van der Waals surface area contributed by atoms with E-state index in [2.05, 4.69) is 34.5 Å². The minimum Gasteiger partial charge on any atom is -0.310 e. The smallest absolute Gasteiger partial charge is 0.135 e. The maximum absolute atomic E-state index is 4.62. The van der Waals surface area contributed by atoms with Crippen molar-refractivity contribution in [1.29, 1.82) is 0 Å². The second-order valence-electron chi connectivity index (χ2n) is 3.78. The maximum atomic E-state index is 4.62. The summed E-state index contributed by atoms with van der Waals surface area (Å²) in [5, 5.41) is 6.40. The molecular formula is C10H13N3S2. The van der Waals surface area contributed by atoms with E-state index in [4.69, 9.17) is 0 Å². The second-order valence-corrected chi connectivity index (χ2v) is 5.52. The van der Waals surface area contributed by atoms with Crippen LogP contribution in [0.25, 0.3) is 9.88 Å². The fraction of sp³-hybridized carbons (Fsp3) is 0.400. The molecule has 0 amide bonds. The fourth-order valence-electron chi connectivity index (χ4n) is 1.12. The van der Waals surface area contributed by atoms with Gasteiger partial charge in [-0.25, -0.2) is 4.98 Å². The van der Waals surface area contributed by atoms with E-state index < -0.39 is 0 Å². The number of nitrogens with zero attached hydrogens (tertiary/aromatic N) is 2. The molecule has 0 aliphatic heterocycles. The molecule has 0 unspecified atom stereocenters. The van der Waals surface area contributed by atoms with Gasteiger partial charge in [0, 0.05) is 11.6 Å². The molecule has 2 rings (SSSR count). The van der Waals surface area contributed by atoms with Gasteiger partial charge in [0.25, 0.3) is 0 Å². The molecule has 0 bridgehead atoms. The lowest BCUT2D eigenvalue weighted by Gasteiger charge is -2.21. The first kappa shape index (κ1) is 10.7. The van der Waals surface area contributed by atoms with Gasteiger partial charge in [0.2, 0.25) is 0 Å². The van der Waals surface area contributed by atoms with Crippen LogP contribution in [0.2, 0.25) is 0 Å². The van der Waals surface area contributed by atoms with Crippen molar-refractivity contribution in [3.8, 4) is 9.88 Å². The van der Waals surface area contributed by atoms with E-state index in [0.717, 1.165) is 15.6 Å². The molecule has 15 heavy (non-hydrogen) atoms. The molecule has 1 N–H and O–H groups in total. The average molecular weight is 239 g/mol. The van der Waals surface area contributed by atoms with E-state index in [1.807, 2.05) is 18.8 Å². The van der Waals surface area contributed by atoms with Gasteiger partial charge in [-0.15, -0.1) is 22.7 Å². The van der Waals surface area contributed by atoms with Gasteiger partial charge in [-0.1, -0.05) is 0 Å². The van der Waals surface area contributed by atoms with Crippen LogP contribution >= 0.6 is 22.7 Å². The Morgan fingerprint density at radius 1 is 1.33 bits per heavy atom. The van der Waals surface area contributed by atoms with Crippen LogP contribution < -0.4 is 5.32 Å². The molecule has 0 radical (unpaired) electrons. The summed E-state index contributed by atoms with van der Waals surface area (Å²) in [6.07, 6.45) is 1.86. The van der Waals surface area contributed by atoms with Gasteiger partial charge in [-0.2, -0.15) is 0 Å². The summed E-state index contributed by atoms with van der Waals surface area (Å²) in [7, 11) is 1.95. The maximum Gasteiger partial charge on any atom is 0.135 e. The van der Waals surface area contributed by atoms with Crippen LogP contribution in [0, 0.1) is 0 Å². The summed E-state index contributed by atoms with van der Waals surface area (Å²) in [5.41, 5.74) is 2.84. The third-order valence-corrected chi connectivity index (χ3v) is 4.20. The Bertz CT molecular complexity index is 431. The first-order chi connectivity index (χ1) is 7.13. The van der Waals surface area contributed by atoms with Crippen molar-refractivity contribution in [3.05, 3.63) is 22.8 Å². The molecule has 2 heterocycles. The first-order valence-electron chi connectivity index (χ1n) is 4.67. The quantitative estimate of drug-likeness (QED) is 0.895. The highest BCUT2D eigenvalue weighted by molar-refractivity contribution is 7.19. The summed E-state index contributed by atoms with van der Waals surface area (Å²) >= 11 is 3.29. The van der Waals surface area contributed by atoms with Gasteiger partial charge < -0.3 is 5.32 Å². The van der Waals surface area contributed by atoms with Crippen LogP contribution in [0.1, 0.15) is 19.5 Å². The molecule has 0 aromatic carbocycles. The van der Waals surface area contributed by atoms with E-state index in [9.17, 15) is 0 Å². The Balaban J connectivity index is 2.33. The van der Waals surface area contributed by atoms with Crippen molar-refractivity contribution in [1.82, 2.24) is 15.3 Å². The molecule has 0 saturated carbocycles. The van der Waals surface area contributed by atoms with Crippen LogP contribution in [0.5, 0.6) is 0 Å². The number of hydrogen-bond acceptors (Lipinski definition) is 5. The van der Waals surface area contributed by atoms with Crippen molar-refractivity contribution < 1.29 is 0 Å². The summed E-state index contributed by atoms with van der Waals surface area (Å²) in [6.45, 7) is 4.25. The molecule has 2 aromatic heterocycles. The zero-order valence-corrected chi connectivity index (χ0v) is 10.6. The molecule has 2 aromatic rings. The van der Waals surface area contributed by atoms with Crippen molar-refractivity contribution in [2.45, 2.75) is 19.4 Å². The van der Waals surface area contributed by atoms with E-state index in [0.29, 0.717) is 0 Å². The Morgan fingerprint density at radius 2 is 2.13 bits per heavy atom. The lowest BCUT2D eigenvalue weighted by atomic mass is 10.0. The molecule has 0 saturated heterocycles. The van der Waals surface area contributed by atoms with Crippen molar-refractivity contribution >= 4 is 22.7 Å². The minimum absolute atomic E-state index is 0.0700. The highest BCUT2D eigenvalue weighted by Crippen LogP contribution is 2.30. The molecule has 3 nitrogen and oxygen atoms in total. The predicted octanol–water partition coefficient (Wildman–Crippen LogP) is 2.72. The van der Waals surface area contributed by atoms with E-state index in [-0.39, 0.29) is 5.54 Å². The largest absolute Gasteiger partial charge is 0.310 e. The van der Waals surface area contributed by atoms with Crippen LogP contribution in [-0.4, -0.2) is 17.0 Å². The molecule has 80 valence electrons. The molecular weight excluding hydrogens is 226 g/mol. The highest BCUT2D eigenvalue weighted by atomic mass is 32.1. The zero-order valence-electron chi connectivity index (χ0n) is 8.94. The van der Waals surface area contributed by atoms with E-state index in [1.165, 1.54) is 0 Å². The third-order valence-electron chi connectivity index (χ3n) is 2.41. The Labute approximate surface area is 97.2 Å². The Hall–Kier alpha value is -0.780. The number of aromatic nitrogens is 2.